The highest BCUT2D eigenvalue weighted by molar-refractivity contribution is 7.80. The van der Waals surface area contributed by atoms with E-state index < -0.39 is 11.8 Å². The van der Waals surface area contributed by atoms with E-state index in [9.17, 15) is 9.59 Å². The number of amides is 2. The molecule has 1 aliphatic heterocycles. The minimum absolute atomic E-state index is 0.0376. The molecule has 0 aromatic heterocycles. The molecule has 2 aliphatic rings. The van der Waals surface area contributed by atoms with Gasteiger partial charge in [-0.05, 0) is 82.9 Å². The molecule has 5 nitrogen and oxygen atoms in total. The Balaban J connectivity index is 1.52. The molecule has 0 atom stereocenters. The fraction of sp³-hybridized carbons (Fsp3) is 0.0800. The van der Waals surface area contributed by atoms with Crippen molar-refractivity contribution in [3.63, 3.8) is 0 Å². The summed E-state index contributed by atoms with van der Waals surface area (Å²) < 4.78 is 5.17. The summed E-state index contributed by atoms with van der Waals surface area (Å²) in [6.45, 7) is 0. The zero-order chi connectivity index (χ0) is 21.5. The molecule has 152 valence electrons. The van der Waals surface area contributed by atoms with Crippen molar-refractivity contribution in [1.82, 2.24) is 5.32 Å². The minimum Gasteiger partial charge on any atom is -0.497 e. The van der Waals surface area contributed by atoms with Gasteiger partial charge in [0.15, 0.2) is 5.11 Å². The van der Waals surface area contributed by atoms with Crippen LogP contribution in [0.15, 0.2) is 72.3 Å². The highest BCUT2D eigenvalue weighted by Crippen LogP contribution is 2.37. The molecule has 3 aromatic carbocycles. The largest absolute Gasteiger partial charge is 0.497 e. The van der Waals surface area contributed by atoms with Gasteiger partial charge in [-0.2, -0.15) is 0 Å². The summed E-state index contributed by atoms with van der Waals surface area (Å²) in [5.74, 6) is -0.294. The van der Waals surface area contributed by atoms with Gasteiger partial charge in [-0.3, -0.25) is 19.8 Å². The molecule has 2 amide bonds. The summed E-state index contributed by atoms with van der Waals surface area (Å²) in [5, 5.41) is 2.68. The highest BCUT2D eigenvalue weighted by atomic mass is 32.1. The molecule has 0 radical (unpaired) electrons. The second-order valence-electron chi connectivity index (χ2n) is 7.41. The van der Waals surface area contributed by atoms with E-state index in [4.69, 9.17) is 17.0 Å². The summed E-state index contributed by atoms with van der Waals surface area (Å²) in [6.07, 6.45) is 2.51. The Morgan fingerprint density at radius 1 is 0.968 bits per heavy atom. The number of thiocarbonyl (C=S) groups is 1. The number of fused-ring (bicyclic) bond motifs is 3. The van der Waals surface area contributed by atoms with Crippen LogP contribution in [0.1, 0.15) is 16.7 Å². The molecular formula is C25H18N2O3S. The topological polar surface area (TPSA) is 58.6 Å². The van der Waals surface area contributed by atoms with Crippen molar-refractivity contribution in [2.24, 2.45) is 0 Å². The van der Waals surface area contributed by atoms with Crippen LogP contribution in [-0.4, -0.2) is 24.0 Å². The number of carbonyl (C=O) groups excluding carboxylic acids is 2. The van der Waals surface area contributed by atoms with Crippen molar-refractivity contribution >= 4 is 40.9 Å². The zero-order valence-electron chi connectivity index (χ0n) is 16.7. The number of anilines is 1. The monoisotopic (exact) mass is 426 g/mol. The first-order valence-corrected chi connectivity index (χ1v) is 10.2. The molecule has 5 rings (SSSR count). The second kappa shape index (κ2) is 7.49. The van der Waals surface area contributed by atoms with Crippen molar-refractivity contribution in [1.29, 1.82) is 0 Å². The van der Waals surface area contributed by atoms with Gasteiger partial charge in [0.1, 0.15) is 11.3 Å². The van der Waals surface area contributed by atoms with Crippen molar-refractivity contribution in [2.45, 2.75) is 6.42 Å². The first-order valence-electron chi connectivity index (χ1n) is 9.82. The minimum atomic E-state index is -0.499. The maximum absolute atomic E-state index is 13.2. The van der Waals surface area contributed by atoms with Crippen LogP contribution >= 0.6 is 12.2 Å². The summed E-state index contributed by atoms with van der Waals surface area (Å²) in [5.41, 5.74) is 6.24. The number of nitrogens with one attached hydrogen (secondary N) is 1. The van der Waals surface area contributed by atoms with E-state index in [1.165, 1.54) is 21.6 Å². The normalized spacial score (nSPS) is 16.2. The first kappa shape index (κ1) is 19.2. The fourth-order valence-corrected chi connectivity index (χ4v) is 4.30. The number of hydrogen-bond acceptors (Lipinski definition) is 4. The van der Waals surface area contributed by atoms with E-state index in [0.29, 0.717) is 11.4 Å². The summed E-state index contributed by atoms with van der Waals surface area (Å²) in [6, 6.07) is 21.2. The Bertz CT molecular complexity index is 1280. The maximum Gasteiger partial charge on any atom is 0.270 e. The van der Waals surface area contributed by atoms with E-state index in [1.54, 1.807) is 37.5 Å². The molecule has 3 aromatic rings. The number of hydrogen-bond donors (Lipinski definition) is 1. The van der Waals surface area contributed by atoms with Crippen LogP contribution in [0.3, 0.4) is 0 Å². The third kappa shape index (κ3) is 3.31. The van der Waals surface area contributed by atoms with Crippen molar-refractivity contribution in [3.05, 3.63) is 89.0 Å². The molecule has 1 N–H and O–H groups in total. The van der Waals surface area contributed by atoms with Crippen LogP contribution in [0, 0.1) is 0 Å². The SMILES string of the molecule is COc1ccc(N2C(=O)/C(=C/c3ccc4c(c3)-c3ccccc3C4)C(=O)NC2=S)cc1. The summed E-state index contributed by atoms with van der Waals surface area (Å²) in [4.78, 5) is 27.1. The molecule has 1 aliphatic carbocycles. The molecule has 0 saturated carbocycles. The van der Waals surface area contributed by atoms with Gasteiger partial charge in [-0.15, -0.1) is 0 Å². The van der Waals surface area contributed by atoms with Crippen LogP contribution < -0.4 is 15.0 Å². The number of nitrogens with zero attached hydrogens (tertiary/aromatic N) is 1. The van der Waals surface area contributed by atoms with E-state index in [0.717, 1.165) is 17.5 Å². The summed E-state index contributed by atoms with van der Waals surface area (Å²) in [7, 11) is 1.57. The lowest BCUT2D eigenvalue weighted by Gasteiger charge is -2.29. The van der Waals surface area contributed by atoms with Crippen molar-refractivity contribution in [3.8, 4) is 16.9 Å². The average molecular weight is 426 g/mol. The van der Waals surface area contributed by atoms with Crippen LogP contribution in [0.4, 0.5) is 5.69 Å². The predicted molar refractivity (Wildman–Crippen MR) is 124 cm³/mol. The van der Waals surface area contributed by atoms with Crippen LogP contribution in [0.25, 0.3) is 17.2 Å². The van der Waals surface area contributed by atoms with E-state index >= 15 is 0 Å². The average Bonchev–Trinajstić information content (AvgIpc) is 3.15. The Kier molecular flexibility index (Phi) is 4.64. The van der Waals surface area contributed by atoms with Gasteiger partial charge in [0.05, 0.1) is 12.8 Å². The number of methoxy groups -OCH3 is 1. The van der Waals surface area contributed by atoms with E-state index in [2.05, 4.69) is 23.5 Å². The van der Waals surface area contributed by atoms with Crippen molar-refractivity contribution < 1.29 is 14.3 Å². The molecule has 6 heteroatoms. The smallest absolute Gasteiger partial charge is 0.270 e. The predicted octanol–water partition coefficient (Wildman–Crippen LogP) is 4.10. The van der Waals surface area contributed by atoms with Gasteiger partial charge < -0.3 is 4.74 Å². The highest BCUT2D eigenvalue weighted by Gasteiger charge is 2.34. The third-order valence-electron chi connectivity index (χ3n) is 5.57. The molecular weight excluding hydrogens is 408 g/mol. The molecule has 0 unspecified atom stereocenters. The first-order chi connectivity index (χ1) is 15.0. The quantitative estimate of drug-likeness (QED) is 0.304. The number of benzene rings is 3. The Labute approximate surface area is 185 Å². The Hall–Kier alpha value is -3.77. The van der Waals surface area contributed by atoms with Gasteiger partial charge in [-0.1, -0.05) is 36.4 Å². The maximum atomic E-state index is 13.2. The van der Waals surface area contributed by atoms with E-state index in [1.807, 2.05) is 24.3 Å². The molecule has 0 bridgehead atoms. The van der Waals surface area contributed by atoms with Crippen molar-refractivity contribution in [2.75, 3.05) is 12.0 Å². The van der Waals surface area contributed by atoms with Gasteiger partial charge >= 0.3 is 0 Å². The third-order valence-corrected chi connectivity index (χ3v) is 5.85. The van der Waals surface area contributed by atoms with Crippen LogP contribution in [0.2, 0.25) is 0 Å². The van der Waals surface area contributed by atoms with E-state index in [-0.39, 0.29) is 10.7 Å². The van der Waals surface area contributed by atoms with Crippen LogP contribution in [-0.2, 0) is 16.0 Å². The standard InChI is InChI=1S/C25H18N2O3S/c1-30-19-10-8-18(9-11-19)27-24(29)22(23(28)26-25(27)31)13-15-6-7-17-14-16-4-2-3-5-20(16)21(17)12-15/h2-13H,14H2,1H3,(H,26,28,31)/b22-13+. The lowest BCUT2D eigenvalue weighted by molar-refractivity contribution is -0.122. The van der Waals surface area contributed by atoms with Crippen LogP contribution in [0.5, 0.6) is 5.75 Å². The van der Waals surface area contributed by atoms with Gasteiger partial charge in [-0.25, -0.2) is 0 Å². The summed E-state index contributed by atoms with van der Waals surface area (Å²) >= 11 is 5.27. The Morgan fingerprint density at radius 3 is 2.48 bits per heavy atom. The lowest BCUT2D eigenvalue weighted by atomic mass is 10.0. The lowest BCUT2D eigenvalue weighted by Crippen LogP contribution is -2.54. The second-order valence-corrected chi connectivity index (χ2v) is 7.79. The fourth-order valence-electron chi connectivity index (χ4n) is 4.02. The number of ether oxygens (including phenoxy) is 1. The molecule has 1 heterocycles. The number of carbonyl (C=O) groups is 2. The molecule has 1 saturated heterocycles. The molecule has 0 spiro atoms. The van der Waals surface area contributed by atoms with Gasteiger partial charge in [0.25, 0.3) is 11.8 Å². The molecule has 31 heavy (non-hydrogen) atoms. The zero-order valence-corrected chi connectivity index (χ0v) is 17.5. The van der Waals surface area contributed by atoms with Gasteiger partial charge in [0.2, 0.25) is 0 Å². The molecule has 1 fully saturated rings. The van der Waals surface area contributed by atoms with Gasteiger partial charge in [0, 0.05) is 0 Å². The Morgan fingerprint density at radius 2 is 1.71 bits per heavy atom. The number of rotatable bonds is 3.